The van der Waals surface area contributed by atoms with E-state index in [0.717, 1.165) is 16.5 Å². The molecule has 0 aliphatic carbocycles. The number of aromatic nitrogens is 1. The van der Waals surface area contributed by atoms with Crippen LogP contribution in [0.15, 0.2) is 30.5 Å². The maximum Gasteiger partial charge on any atom is 0.224 e. The molecule has 1 aromatic heterocycles. The summed E-state index contributed by atoms with van der Waals surface area (Å²) in [6, 6.07) is 7.77. The lowest BCUT2D eigenvalue weighted by Crippen LogP contribution is -1.91. The second-order valence-corrected chi connectivity index (χ2v) is 2.88. The van der Waals surface area contributed by atoms with E-state index < -0.39 is 0 Å². The number of pyridine rings is 1. The molecule has 72 valence electrons. The molecule has 0 aliphatic rings. The SMILES string of the molecule is COc1cccc2ccnc(OC)c12. The van der Waals surface area contributed by atoms with E-state index in [1.165, 1.54) is 0 Å². The van der Waals surface area contributed by atoms with Crippen molar-refractivity contribution in [1.29, 1.82) is 0 Å². The molecule has 14 heavy (non-hydrogen) atoms. The Morgan fingerprint density at radius 1 is 1.07 bits per heavy atom. The van der Waals surface area contributed by atoms with Gasteiger partial charge in [0.1, 0.15) is 5.75 Å². The zero-order valence-corrected chi connectivity index (χ0v) is 8.15. The molecule has 0 N–H and O–H groups in total. The first-order valence-electron chi connectivity index (χ1n) is 4.32. The Bertz CT molecular complexity index is 415. The third-order valence-corrected chi connectivity index (χ3v) is 2.13. The fourth-order valence-corrected chi connectivity index (χ4v) is 1.49. The summed E-state index contributed by atoms with van der Waals surface area (Å²) in [6.45, 7) is 0. The molecule has 2 aromatic rings. The fraction of sp³-hybridized carbons (Fsp3) is 0.182. The average Bonchev–Trinajstić information content (AvgIpc) is 2.27. The molecule has 0 spiro atoms. The summed E-state index contributed by atoms with van der Waals surface area (Å²) in [5.74, 6) is 1.38. The maximum absolute atomic E-state index is 5.25. The standard InChI is InChI=1S/C11H11NO2/c1-13-9-5-3-4-8-6-7-12-11(14-2)10(8)9/h3-7H,1-2H3. The van der Waals surface area contributed by atoms with E-state index in [1.807, 2.05) is 24.3 Å². The van der Waals surface area contributed by atoms with Gasteiger partial charge in [0.05, 0.1) is 19.6 Å². The van der Waals surface area contributed by atoms with Gasteiger partial charge in [-0.05, 0) is 17.5 Å². The summed E-state index contributed by atoms with van der Waals surface area (Å²) in [5.41, 5.74) is 0. The van der Waals surface area contributed by atoms with E-state index in [4.69, 9.17) is 9.47 Å². The lowest BCUT2D eigenvalue weighted by Gasteiger charge is -2.07. The van der Waals surface area contributed by atoms with Crippen LogP contribution in [0.1, 0.15) is 0 Å². The van der Waals surface area contributed by atoms with Gasteiger partial charge in [0.2, 0.25) is 5.88 Å². The van der Waals surface area contributed by atoms with Crippen LogP contribution in [0.5, 0.6) is 11.6 Å². The monoisotopic (exact) mass is 189 g/mol. The smallest absolute Gasteiger partial charge is 0.224 e. The van der Waals surface area contributed by atoms with Crippen molar-refractivity contribution in [3.63, 3.8) is 0 Å². The molecule has 0 saturated heterocycles. The summed E-state index contributed by atoms with van der Waals surface area (Å²) in [5, 5.41) is 1.98. The van der Waals surface area contributed by atoms with E-state index >= 15 is 0 Å². The van der Waals surface area contributed by atoms with Crippen LogP contribution >= 0.6 is 0 Å². The largest absolute Gasteiger partial charge is 0.496 e. The van der Waals surface area contributed by atoms with Crippen LogP contribution in [0.2, 0.25) is 0 Å². The van der Waals surface area contributed by atoms with Gasteiger partial charge in [-0.15, -0.1) is 0 Å². The number of methoxy groups -OCH3 is 2. The summed E-state index contributed by atoms with van der Waals surface area (Å²) in [4.78, 5) is 4.13. The molecule has 0 bridgehead atoms. The number of rotatable bonds is 2. The Balaban J connectivity index is 2.81. The highest BCUT2D eigenvalue weighted by Gasteiger charge is 2.07. The number of nitrogens with zero attached hydrogens (tertiary/aromatic N) is 1. The molecule has 0 atom stereocenters. The van der Waals surface area contributed by atoms with Crippen molar-refractivity contribution in [2.24, 2.45) is 0 Å². The van der Waals surface area contributed by atoms with E-state index in [0.29, 0.717) is 5.88 Å². The van der Waals surface area contributed by atoms with Gasteiger partial charge >= 0.3 is 0 Å². The summed E-state index contributed by atoms with van der Waals surface area (Å²) in [6.07, 6.45) is 1.72. The van der Waals surface area contributed by atoms with Crippen LogP contribution < -0.4 is 9.47 Å². The van der Waals surface area contributed by atoms with Gasteiger partial charge in [0.15, 0.2) is 0 Å². The highest BCUT2D eigenvalue weighted by atomic mass is 16.5. The molecule has 0 saturated carbocycles. The predicted molar refractivity (Wildman–Crippen MR) is 54.8 cm³/mol. The van der Waals surface area contributed by atoms with Crippen LogP contribution in [0, 0.1) is 0 Å². The van der Waals surface area contributed by atoms with E-state index in [1.54, 1.807) is 20.4 Å². The van der Waals surface area contributed by atoms with Crippen LogP contribution in [0.25, 0.3) is 10.8 Å². The third-order valence-electron chi connectivity index (χ3n) is 2.13. The van der Waals surface area contributed by atoms with Crippen molar-refractivity contribution in [3.05, 3.63) is 30.5 Å². The zero-order chi connectivity index (χ0) is 9.97. The van der Waals surface area contributed by atoms with E-state index in [2.05, 4.69) is 4.98 Å². The predicted octanol–water partition coefficient (Wildman–Crippen LogP) is 2.25. The van der Waals surface area contributed by atoms with Gasteiger partial charge in [0, 0.05) is 6.20 Å². The van der Waals surface area contributed by atoms with Gasteiger partial charge < -0.3 is 9.47 Å². The normalized spacial score (nSPS) is 10.1. The minimum absolute atomic E-state index is 0.597. The Morgan fingerprint density at radius 2 is 1.93 bits per heavy atom. The number of ether oxygens (including phenoxy) is 2. The molecule has 3 heteroatoms. The number of benzene rings is 1. The first kappa shape index (κ1) is 8.81. The third kappa shape index (κ3) is 1.27. The lowest BCUT2D eigenvalue weighted by atomic mass is 10.1. The summed E-state index contributed by atoms with van der Waals surface area (Å²) in [7, 11) is 3.25. The van der Waals surface area contributed by atoms with Gasteiger partial charge in [-0.1, -0.05) is 12.1 Å². The van der Waals surface area contributed by atoms with Crippen molar-refractivity contribution in [2.45, 2.75) is 0 Å². The van der Waals surface area contributed by atoms with Gasteiger partial charge in [0.25, 0.3) is 0 Å². The Hall–Kier alpha value is -1.77. The highest BCUT2D eigenvalue weighted by molar-refractivity contribution is 5.92. The van der Waals surface area contributed by atoms with Crippen LogP contribution in [-0.2, 0) is 0 Å². The van der Waals surface area contributed by atoms with Gasteiger partial charge in [-0.2, -0.15) is 0 Å². The van der Waals surface area contributed by atoms with Crippen LogP contribution in [-0.4, -0.2) is 19.2 Å². The second-order valence-electron chi connectivity index (χ2n) is 2.88. The molecule has 3 nitrogen and oxygen atoms in total. The number of fused-ring (bicyclic) bond motifs is 1. The zero-order valence-electron chi connectivity index (χ0n) is 8.15. The molecule has 0 radical (unpaired) electrons. The fourth-order valence-electron chi connectivity index (χ4n) is 1.49. The van der Waals surface area contributed by atoms with Crippen molar-refractivity contribution in [2.75, 3.05) is 14.2 Å². The molecule has 0 aliphatic heterocycles. The Morgan fingerprint density at radius 3 is 2.64 bits per heavy atom. The van der Waals surface area contributed by atoms with Crippen molar-refractivity contribution in [3.8, 4) is 11.6 Å². The van der Waals surface area contributed by atoms with E-state index in [-0.39, 0.29) is 0 Å². The quantitative estimate of drug-likeness (QED) is 0.726. The molecule has 1 heterocycles. The molecule has 0 unspecified atom stereocenters. The summed E-state index contributed by atoms with van der Waals surface area (Å²) < 4.78 is 10.4. The van der Waals surface area contributed by atoms with E-state index in [9.17, 15) is 0 Å². The Kier molecular flexibility index (Phi) is 2.23. The minimum Gasteiger partial charge on any atom is -0.496 e. The molecular weight excluding hydrogens is 178 g/mol. The maximum atomic E-state index is 5.25. The Labute approximate surface area is 82.3 Å². The molecule has 1 aromatic carbocycles. The van der Waals surface area contributed by atoms with Crippen molar-refractivity contribution >= 4 is 10.8 Å². The van der Waals surface area contributed by atoms with Gasteiger partial charge in [-0.3, -0.25) is 0 Å². The van der Waals surface area contributed by atoms with Crippen molar-refractivity contribution in [1.82, 2.24) is 4.98 Å². The van der Waals surface area contributed by atoms with Crippen LogP contribution in [0.4, 0.5) is 0 Å². The minimum atomic E-state index is 0.597. The first-order chi connectivity index (χ1) is 6.86. The number of hydrogen-bond donors (Lipinski definition) is 0. The van der Waals surface area contributed by atoms with Crippen LogP contribution in [0.3, 0.4) is 0 Å². The topological polar surface area (TPSA) is 31.4 Å². The molecule has 2 rings (SSSR count). The lowest BCUT2D eigenvalue weighted by molar-refractivity contribution is 0.394. The summed E-state index contributed by atoms with van der Waals surface area (Å²) >= 11 is 0. The molecule has 0 amide bonds. The molecular formula is C11H11NO2. The second kappa shape index (κ2) is 3.54. The highest BCUT2D eigenvalue weighted by Crippen LogP contribution is 2.31. The first-order valence-corrected chi connectivity index (χ1v) is 4.32. The molecule has 0 fully saturated rings. The van der Waals surface area contributed by atoms with Crippen molar-refractivity contribution < 1.29 is 9.47 Å². The number of hydrogen-bond acceptors (Lipinski definition) is 3. The van der Waals surface area contributed by atoms with Gasteiger partial charge in [-0.25, -0.2) is 4.98 Å². The average molecular weight is 189 g/mol.